The highest BCUT2D eigenvalue weighted by atomic mass is 16.1. The fraction of sp³-hybridized carbons (Fsp3) is 0.615. The minimum atomic E-state index is -0.0102. The van der Waals surface area contributed by atoms with Crippen LogP contribution < -0.4 is 0 Å². The molecular formula is C13H18O. The van der Waals surface area contributed by atoms with E-state index in [9.17, 15) is 4.79 Å². The zero-order valence-corrected chi connectivity index (χ0v) is 9.10. The lowest BCUT2D eigenvalue weighted by molar-refractivity contribution is -0.105. The molecule has 2 aliphatic rings. The average molecular weight is 190 g/mol. The molecule has 0 aliphatic heterocycles. The molecule has 1 fully saturated rings. The molecule has 1 heteroatoms. The Kier molecular flexibility index (Phi) is 2.34. The lowest BCUT2D eigenvalue weighted by atomic mass is 9.86. The Bertz CT molecular complexity index is 318. The van der Waals surface area contributed by atoms with Crippen LogP contribution in [-0.2, 0) is 4.79 Å². The van der Waals surface area contributed by atoms with Gasteiger partial charge in [-0.05, 0) is 36.8 Å². The van der Waals surface area contributed by atoms with Gasteiger partial charge in [-0.25, -0.2) is 0 Å². The number of carbonyl (C=O) groups excluding carboxylic acids is 1. The lowest BCUT2D eigenvalue weighted by Gasteiger charge is -2.16. The fourth-order valence-electron chi connectivity index (χ4n) is 2.70. The second-order valence-corrected chi connectivity index (χ2v) is 4.96. The van der Waals surface area contributed by atoms with Gasteiger partial charge in [-0.2, -0.15) is 0 Å². The van der Waals surface area contributed by atoms with Crippen molar-refractivity contribution in [3.05, 3.63) is 22.8 Å². The summed E-state index contributed by atoms with van der Waals surface area (Å²) in [6.07, 6.45) is 9.52. The zero-order valence-electron chi connectivity index (χ0n) is 9.10. The number of rotatable bonds is 1. The van der Waals surface area contributed by atoms with Crippen LogP contribution in [0.5, 0.6) is 0 Å². The summed E-state index contributed by atoms with van der Waals surface area (Å²) in [5, 5.41) is 0. The van der Waals surface area contributed by atoms with Gasteiger partial charge in [0.25, 0.3) is 0 Å². The van der Waals surface area contributed by atoms with Gasteiger partial charge in [0.1, 0.15) is 6.29 Å². The normalized spacial score (nSPS) is 25.4. The van der Waals surface area contributed by atoms with Gasteiger partial charge in [0.05, 0.1) is 0 Å². The van der Waals surface area contributed by atoms with Crippen LogP contribution in [0, 0.1) is 5.41 Å². The van der Waals surface area contributed by atoms with Gasteiger partial charge in [0, 0.05) is 11.0 Å². The third kappa shape index (κ3) is 1.45. The molecular weight excluding hydrogens is 172 g/mol. The molecule has 14 heavy (non-hydrogen) atoms. The molecule has 0 aromatic carbocycles. The molecule has 0 aromatic rings. The van der Waals surface area contributed by atoms with Crippen LogP contribution >= 0.6 is 0 Å². The number of fused-ring (bicyclic) bond motifs is 1. The summed E-state index contributed by atoms with van der Waals surface area (Å²) in [4.78, 5) is 11.1. The van der Waals surface area contributed by atoms with Crippen molar-refractivity contribution in [3.63, 3.8) is 0 Å². The van der Waals surface area contributed by atoms with E-state index < -0.39 is 0 Å². The van der Waals surface area contributed by atoms with Gasteiger partial charge < -0.3 is 0 Å². The summed E-state index contributed by atoms with van der Waals surface area (Å²) >= 11 is 0. The van der Waals surface area contributed by atoms with Crippen LogP contribution in [0.25, 0.3) is 0 Å². The number of hydrogen-bond acceptors (Lipinski definition) is 1. The third-order valence-corrected chi connectivity index (χ3v) is 3.43. The van der Waals surface area contributed by atoms with Crippen LogP contribution in [0.1, 0.15) is 46.0 Å². The lowest BCUT2D eigenvalue weighted by Crippen LogP contribution is -2.10. The van der Waals surface area contributed by atoms with E-state index in [4.69, 9.17) is 0 Å². The van der Waals surface area contributed by atoms with Crippen LogP contribution in [-0.4, -0.2) is 6.29 Å². The van der Waals surface area contributed by atoms with E-state index in [1.165, 1.54) is 36.8 Å². The molecule has 1 saturated carbocycles. The molecule has 0 saturated heterocycles. The van der Waals surface area contributed by atoms with Crippen molar-refractivity contribution in [1.29, 1.82) is 0 Å². The highest BCUT2D eigenvalue weighted by Gasteiger charge is 2.32. The van der Waals surface area contributed by atoms with Crippen molar-refractivity contribution in [2.45, 2.75) is 46.0 Å². The Morgan fingerprint density at radius 1 is 1.21 bits per heavy atom. The largest absolute Gasteiger partial charge is 0.298 e. The van der Waals surface area contributed by atoms with Gasteiger partial charge in [0.2, 0.25) is 0 Å². The minimum absolute atomic E-state index is 0.0102. The quantitative estimate of drug-likeness (QED) is 0.579. The van der Waals surface area contributed by atoms with Crippen molar-refractivity contribution in [3.8, 4) is 0 Å². The van der Waals surface area contributed by atoms with Crippen LogP contribution in [0.3, 0.4) is 0 Å². The zero-order chi connectivity index (χ0) is 10.2. The summed E-state index contributed by atoms with van der Waals surface area (Å²) < 4.78 is 0. The molecule has 2 rings (SSSR count). The van der Waals surface area contributed by atoms with Crippen molar-refractivity contribution in [1.82, 2.24) is 0 Å². The van der Waals surface area contributed by atoms with Crippen molar-refractivity contribution >= 4 is 6.29 Å². The van der Waals surface area contributed by atoms with Crippen molar-refractivity contribution in [2.24, 2.45) is 5.41 Å². The molecule has 1 nitrogen and oxygen atoms in total. The van der Waals surface area contributed by atoms with Crippen LogP contribution in [0.4, 0.5) is 0 Å². The van der Waals surface area contributed by atoms with E-state index >= 15 is 0 Å². The maximum Gasteiger partial charge on any atom is 0.147 e. The van der Waals surface area contributed by atoms with Crippen LogP contribution in [0.2, 0.25) is 0 Å². The Morgan fingerprint density at radius 3 is 2.64 bits per heavy atom. The Balaban J connectivity index is 2.43. The Morgan fingerprint density at radius 2 is 1.93 bits per heavy atom. The molecule has 76 valence electrons. The molecule has 0 radical (unpaired) electrons. The topological polar surface area (TPSA) is 17.1 Å². The first-order chi connectivity index (χ1) is 6.65. The summed E-state index contributed by atoms with van der Waals surface area (Å²) in [5.41, 5.74) is 3.84. The summed E-state index contributed by atoms with van der Waals surface area (Å²) in [7, 11) is 0. The highest BCUT2D eigenvalue weighted by Crippen LogP contribution is 2.44. The SMILES string of the molecule is CC1(C)C=C2CCCCCC2=C1C=O. The number of hydrogen-bond donors (Lipinski definition) is 0. The standard InChI is InChI=1S/C13H18O/c1-13(2)8-10-6-4-3-5-7-11(10)12(13)9-14/h8-9H,3-7H2,1-2H3. The summed E-state index contributed by atoms with van der Waals surface area (Å²) in [6.45, 7) is 4.29. The fourth-order valence-corrected chi connectivity index (χ4v) is 2.70. The maximum atomic E-state index is 11.1. The molecule has 0 heterocycles. The Hall–Kier alpha value is -0.850. The molecule has 0 atom stereocenters. The summed E-state index contributed by atoms with van der Waals surface area (Å²) in [5.74, 6) is 0. The highest BCUT2D eigenvalue weighted by molar-refractivity contribution is 5.81. The van der Waals surface area contributed by atoms with E-state index in [-0.39, 0.29) is 5.41 Å². The van der Waals surface area contributed by atoms with Gasteiger partial charge in [-0.3, -0.25) is 4.79 Å². The predicted molar refractivity (Wildman–Crippen MR) is 58.0 cm³/mol. The minimum Gasteiger partial charge on any atom is -0.298 e. The Labute approximate surface area is 85.9 Å². The summed E-state index contributed by atoms with van der Waals surface area (Å²) in [6, 6.07) is 0. The monoisotopic (exact) mass is 190 g/mol. The van der Waals surface area contributed by atoms with Crippen molar-refractivity contribution in [2.75, 3.05) is 0 Å². The first-order valence-electron chi connectivity index (χ1n) is 5.56. The number of allylic oxidation sites excluding steroid dienone is 4. The first kappa shape index (κ1) is 9.70. The van der Waals surface area contributed by atoms with Gasteiger partial charge >= 0.3 is 0 Å². The number of aldehydes is 1. The molecule has 0 bridgehead atoms. The maximum absolute atomic E-state index is 11.1. The van der Waals surface area contributed by atoms with E-state index in [0.717, 1.165) is 18.3 Å². The smallest absolute Gasteiger partial charge is 0.147 e. The second kappa shape index (κ2) is 3.38. The molecule has 0 N–H and O–H groups in total. The van der Waals surface area contributed by atoms with Crippen molar-refractivity contribution < 1.29 is 4.79 Å². The van der Waals surface area contributed by atoms with E-state index in [1.807, 2.05) is 0 Å². The predicted octanol–water partition coefficient (Wildman–Crippen LogP) is 3.41. The molecule has 0 spiro atoms. The van der Waals surface area contributed by atoms with Gasteiger partial charge in [-0.1, -0.05) is 26.3 Å². The van der Waals surface area contributed by atoms with E-state index in [0.29, 0.717) is 0 Å². The van der Waals surface area contributed by atoms with Gasteiger partial charge in [-0.15, -0.1) is 0 Å². The van der Waals surface area contributed by atoms with E-state index in [1.54, 1.807) is 0 Å². The number of carbonyl (C=O) groups is 1. The van der Waals surface area contributed by atoms with Crippen LogP contribution in [0.15, 0.2) is 22.8 Å². The first-order valence-corrected chi connectivity index (χ1v) is 5.56. The van der Waals surface area contributed by atoms with Gasteiger partial charge in [0.15, 0.2) is 0 Å². The molecule has 0 amide bonds. The third-order valence-electron chi connectivity index (χ3n) is 3.43. The average Bonchev–Trinajstić information content (AvgIpc) is 2.28. The molecule has 2 aliphatic carbocycles. The molecule has 0 aromatic heterocycles. The van der Waals surface area contributed by atoms with E-state index in [2.05, 4.69) is 19.9 Å². The molecule has 0 unspecified atom stereocenters. The second-order valence-electron chi connectivity index (χ2n) is 4.96.